The zero-order valence-corrected chi connectivity index (χ0v) is 17.2. The fourth-order valence-electron chi connectivity index (χ4n) is 2.17. The second-order valence-electron chi connectivity index (χ2n) is 6.32. The number of para-hydroxylation sites is 4. The first-order valence-corrected chi connectivity index (χ1v) is 10.9. The maximum atomic E-state index is 10.4. The van der Waals surface area contributed by atoms with Crippen LogP contribution in [-0.2, 0) is 0 Å². The van der Waals surface area contributed by atoms with Gasteiger partial charge in [-0.05, 0) is 51.0 Å². The summed E-state index contributed by atoms with van der Waals surface area (Å²) in [5, 5.41) is 0. The molecule has 2 aromatic rings. The largest absolute Gasteiger partial charge is 0.815 e. The Labute approximate surface area is 161 Å². The van der Waals surface area contributed by atoms with Crippen LogP contribution in [0.1, 0.15) is 40.5 Å². The van der Waals surface area contributed by atoms with Crippen LogP contribution in [0.25, 0.3) is 0 Å². The number of hydrogen-bond donors (Lipinski definition) is 2. The Balaban J connectivity index is 2.17. The number of rotatable bonds is 10. The summed E-state index contributed by atoms with van der Waals surface area (Å²) in [6, 6.07) is 13.7. The normalized spacial score (nSPS) is 13.6. The summed E-state index contributed by atoms with van der Waals surface area (Å²) in [5.74, 6) is 1.30. The average molecular weight is 393 g/mol. The molecular formula is C20H28O6Si. The molecule has 2 unspecified atom stereocenters. The van der Waals surface area contributed by atoms with Gasteiger partial charge in [-0.15, -0.1) is 0 Å². The Bertz CT molecular complexity index is 662. The molecule has 0 aliphatic rings. The lowest BCUT2D eigenvalue weighted by atomic mass is 10.3. The Morgan fingerprint density at radius 1 is 0.704 bits per heavy atom. The summed E-state index contributed by atoms with van der Waals surface area (Å²) in [5.41, 5.74) is 0. The lowest BCUT2D eigenvalue weighted by Gasteiger charge is -2.23. The SMILES string of the molecule is CCC(C)Oc1ccccc1O[Si](O)(O)Oc1ccccc1OC(C)CC. The molecule has 0 radical (unpaired) electrons. The summed E-state index contributed by atoms with van der Waals surface area (Å²) in [4.78, 5) is 20.8. The third-order valence-corrected chi connectivity index (χ3v) is 4.96. The molecule has 0 bridgehead atoms. The first-order valence-electron chi connectivity index (χ1n) is 9.18. The molecule has 2 N–H and O–H groups in total. The summed E-state index contributed by atoms with van der Waals surface area (Å²) in [7, 11) is -4.53. The van der Waals surface area contributed by atoms with E-state index in [1.54, 1.807) is 48.5 Å². The van der Waals surface area contributed by atoms with Crippen molar-refractivity contribution in [3.05, 3.63) is 48.5 Å². The monoisotopic (exact) mass is 392 g/mol. The first kappa shape index (κ1) is 21.1. The maximum absolute atomic E-state index is 10.4. The van der Waals surface area contributed by atoms with Crippen LogP contribution in [0.2, 0.25) is 0 Å². The van der Waals surface area contributed by atoms with E-state index in [1.807, 2.05) is 27.7 Å². The van der Waals surface area contributed by atoms with E-state index >= 15 is 0 Å². The van der Waals surface area contributed by atoms with Gasteiger partial charge in [0.05, 0.1) is 12.2 Å². The highest BCUT2D eigenvalue weighted by atomic mass is 28.4. The highest BCUT2D eigenvalue weighted by Crippen LogP contribution is 2.32. The van der Waals surface area contributed by atoms with Crippen LogP contribution in [0, 0.1) is 0 Å². The highest BCUT2D eigenvalue weighted by molar-refractivity contribution is 6.52. The van der Waals surface area contributed by atoms with Crippen molar-refractivity contribution < 1.29 is 27.9 Å². The van der Waals surface area contributed by atoms with Crippen molar-refractivity contribution in [1.82, 2.24) is 0 Å². The molecule has 0 amide bonds. The summed E-state index contributed by atoms with van der Waals surface area (Å²) in [6.07, 6.45) is 1.56. The van der Waals surface area contributed by atoms with Gasteiger partial charge < -0.3 is 27.9 Å². The van der Waals surface area contributed by atoms with E-state index in [0.29, 0.717) is 11.5 Å². The zero-order chi connectivity index (χ0) is 19.9. The van der Waals surface area contributed by atoms with Crippen LogP contribution in [-0.4, -0.2) is 30.8 Å². The third kappa shape index (κ3) is 6.46. The molecular weight excluding hydrogens is 364 g/mol. The van der Waals surface area contributed by atoms with Crippen molar-refractivity contribution in [2.45, 2.75) is 52.7 Å². The average Bonchev–Trinajstić information content (AvgIpc) is 2.64. The van der Waals surface area contributed by atoms with E-state index in [2.05, 4.69) is 0 Å². The molecule has 0 heterocycles. The predicted molar refractivity (Wildman–Crippen MR) is 105 cm³/mol. The predicted octanol–water partition coefficient (Wildman–Crippen LogP) is 3.92. The van der Waals surface area contributed by atoms with Crippen molar-refractivity contribution >= 4 is 9.05 Å². The summed E-state index contributed by atoms with van der Waals surface area (Å²) in [6.45, 7) is 7.86. The van der Waals surface area contributed by atoms with E-state index in [1.165, 1.54) is 0 Å². The van der Waals surface area contributed by atoms with Gasteiger partial charge in [-0.2, -0.15) is 0 Å². The van der Waals surface area contributed by atoms with Crippen molar-refractivity contribution in [1.29, 1.82) is 0 Å². The van der Waals surface area contributed by atoms with Crippen LogP contribution in [0.3, 0.4) is 0 Å². The van der Waals surface area contributed by atoms with Crippen LogP contribution >= 0.6 is 0 Å². The molecule has 0 spiro atoms. The number of ether oxygens (including phenoxy) is 2. The smallest absolute Gasteiger partial charge is 0.487 e. The second kappa shape index (κ2) is 9.64. The fourth-order valence-corrected chi connectivity index (χ4v) is 3.12. The van der Waals surface area contributed by atoms with Crippen LogP contribution < -0.4 is 18.3 Å². The number of benzene rings is 2. The highest BCUT2D eigenvalue weighted by Gasteiger charge is 2.44. The van der Waals surface area contributed by atoms with Crippen molar-refractivity contribution in [3.63, 3.8) is 0 Å². The molecule has 0 aliphatic heterocycles. The van der Waals surface area contributed by atoms with Gasteiger partial charge in [-0.3, -0.25) is 0 Å². The van der Waals surface area contributed by atoms with Gasteiger partial charge in [0.2, 0.25) is 0 Å². The summed E-state index contributed by atoms with van der Waals surface area (Å²) >= 11 is 0. The molecule has 6 nitrogen and oxygen atoms in total. The second-order valence-corrected chi connectivity index (χ2v) is 7.82. The molecule has 2 atom stereocenters. The quantitative estimate of drug-likeness (QED) is 0.597. The summed E-state index contributed by atoms with van der Waals surface area (Å²) < 4.78 is 22.4. The molecule has 0 saturated heterocycles. The van der Waals surface area contributed by atoms with Crippen LogP contribution in [0.5, 0.6) is 23.0 Å². The topological polar surface area (TPSA) is 77.4 Å². The lowest BCUT2D eigenvalue weighted by Crippen LogP contribution is -2.49. The minimum Gasteiger partial charge on any atom is -0.487 e. The minimum atomic E-state index is -4.53. The van der Waals surface area contributed by atoms with Crippen molar-refractivity contribution in [2.75, 3.05) is 0 Å². The van der Waals surface area contributed by atoms with E-state index in [4.69, 9.17) is 18.3 Å². The molecule has 2 rings (SSSR count). The third-order valence-electron chi connectivity index (χ3n) is 3.99. The lowest BCUT2D eigenvalue weighted by molar-refractivity contribution is 0.127. The van der Waals surface area contributed by atoms with Gasteiger partial charge in [-0.25, -0.2) is 0 Å². The number of hydrogen-bond acceptors (Lipinski definition) is 6. The molecule has 0 saturated carbocycles. The van der Waals surface area contributed by atoms with E-state index in [0.717, 1.165) is 12.8 Å². The van der Waals surface area contributed by atoms with Gasteiger partial charge in [-0.1, -0.05) is 38.1 Å². The Kier molecular flexibility index (Phi) is 7.52. The molecule has 0 fully saturated rings. The molecule has 2 aromatic carbocycles. The molecule has 27 heavy (non-hydrogen) atoms. The molecule has 148 valence electrons. The van der Waals surface area contributed by atoms with Gasteiger partial charge in [0, 0.05) is 0 Å². The Morgan fingerprint density at radius 2 is 1.04 bits per heavy atom. The van der Waals surface area contributed by atoms with Crippen molar-refractivity contribution in [2.24, 2.45) is 0 Å². The van der Waals surface area contributed by atoms with Crippen LogP contribution in [0.4, 0.5) is 0 Å². The first-order chi connectivity index (χ1) is 12.8. The Morgan fingerprint density at radius 3 is 1.37 bits per heavy atom. The molecule has 0 aliphatic carbocycles. The van der Waals surface area contributed by atoms with Gasteiger partial charge in [0.1, 0.15) is 0 Å². The van der Waals surface area contributed by atoms with Crippen molar-refractivity contribution in [3.8, 4) is 23.0 Å². The van der Waals surface area contributed by atoms with E-state index < -0.39 is 9.05 Å². The zero-order valence-electron chi connectivity index (χ0n) is 16.2. The van der Waals surface area contributed by atoms with Crippen LogP contribution in [0.15, 0.2) is 48.5 Å². The van der Waals surface area contributed by atoms with Gasteiger partial charge >= 0.3 is 9.05 Å². The minimum absolute atomic E-state index is 0.0335. The van der Waals surface area contributed by atoms with E-state index in [9.17, 15) is 9.59 Å². The molecule has 0 aromatic heterocycles. The van der Waals surface area contributed by atoms with E-state index in [-0.39, 0.29) is 23.7 Å². The van der Waals surface area contributed by atoms with Gasteiger partial charge in [0.25, 0.3) is 0 Å². The Hall–Kier alpha value is -2.22. The van der Waals surface area contributed by atoms with Gasteiger partial charge in [0.15, 0.2) is 23.0 Å². The fraction of sp³-hybridized carbons (Fsp3) is 0.400. The standard InChI is InChI=1S/C20H28O6Si/c1-5-15(3)23-17-11-7-9-13-19(17)25-27(21,22)26-20-14-10-8-12-18(20)24-16(4)6-2/h7-16,21-22H,5-6H2,1-4H3. The maximum Gasteiger partial charge on any atom is 0.815 e. The molecule has 7 heteroatoms.